The first-order valence-corrected chi connectivity index (χ1v) is 9.50. The first-order chi connectivity index (χ1) is 9.72. The minimum absolute atomic E-state index is 0.129. The summed E-state index contributed by atoms with van der Waals surface area (Å²) < 4.78 is 28.1. The third-order valence-electron chi connectivity index (χ3n) is 2.57. The summed E-state index contributed by atoms with van der Waals surface area (Å²) >= 11 is 16.3. The van der Waals surface area contributed by atoms with E-state index in [4.69, 9.17) is 23.2 Å². The standard InChI is InChI=1S/C12H11BrCl2N2O2S2/c1-17(2)11-7(14)4-3-5-9(11)16-21(18,19)10-6-8(15)12(13)20-10/h3-6,16H,1-2H3. The maximum absolute atomic E-state index is 12.4. The highest BCUT2D eigenvalue weighted by atomic mass is 79.9. The molecule has 1 aromatic carbocycles. The molecule has 0 aliphatic carbocycles. The number of halogens is 3. The maximum atomic E-state index is 12.4. The van der Waals surface area contributed by atoms with Crippen molar-refractivity contribution in [2.24, 2.45) is 0 Å². The first-order valence-electron chi connectivity index (χ1n) is 5.66. The van der Waals surface area contributed by atoms with Crippen LogP contribution in [-0.2, 0) is 10.0 Å². The normalized spacial score (nSPS) is 11.5. The topological polar surface area (TPSA) is 49.4 Å². The van der Waals surface area contributed by atoms with Gasteiger partial charge in [-0.25, -0.2) is 8.42 Å². The highest BCUT2D eigenvalue weighted by molar-refractivity contribution is 9.11. The third kappa shape index (κ3) is 3.65. The second-order valence-corrected chi connectivity index (χ2v) is 9.42. The van der Waals surface area contributed by atoms with E-state index in [0.717, 1.165) is 11.3 Å². The summed E-state index contributed by atoms with van der Waals surface area (Å²) in [5.41, 5.74) is 1.01. The molecule has 0 radical (unpaired) electrons. The van der Waals surface area contributed by atoms with Crippen molar-refractivity contribution in [3.63, 3.8) is 0 Å². The zero-order valence-electron chi connectivity index (χ0n) is 11.0. The fourth-order valence-corrected chi connectivity index (χ4v) is 5.51. The van der Waals surface area contributed by atoms with Crippen LogP contribution in [0.4, 0.5) is 11.4 Å². The summed E-state index contributed by atoms with van der Waals surface area (Å²) in [6.07, 6.45) is 0. The number of nitrogens with one attached hydrogen (secondary N) is 1. The molecule has 114 valence electrons. The van der Waals surface area contributed by atoms with Gasteiger partial charge in [0, 0.05) is 14.1 Å². The number of anilines is 2. The first kappa shape index (κ1) is 16.9. The van der Waals surface area contributed by atoms with E-state index in [2.05, 4.69) is 20.7 Å². The second kappa shape index (κ2) is 6.34. The number of thiophene rings is 1. The largest absolute Gasteiger partial charge is 0.375 e. The van der Waals surface area contributed by atoms with Crippen LogP contribution in [0.15, 0.2) is 32.3 Å². The molecule has 21 heavy (non-hydrogen) atoms. The van der Waals surface area contributed by atoms with E-state index in [0.29, 0.717) is 25.2 Å². The molecule has 1 heterocycles. The average Bonchev–Trinajstić information content (AvgIpc) is 2.69. The van der Waals surface area contributed by atoms with Crippen LogP contribution in [0.3, 0.4) is 0 Å². The summed E-state index contributed by atoms with van der Waals surface area (Å²) in [6.45, 7) is 0. The Morgan fingerprint density at radius 3 is 2.43 bits per heavy atom. The summed E-state index contributed by atoms with van der Waals surface area (Å²) in [5.74, 6) is 0. The van der Waals surface area contributed by atoms with Crippen molar-refractivity contribution in [2.45, 2.75) is 4.21 Å². The lowest BCUT2D eigenvalue weighted by atomic mass is 10.2. The minimum Gasteiger partial charge on any atom is -0.375 e. The van der Waals surface area contributed by atoms with Crippen LogP contribution < -0.4 is 9.62 Å². The number of sulfonamides is 1. The van der Waals surface area contributed by atoms with E-state index in [1.54, 1.807) is 37.2 Å². The zero-order chi connectivity index (χ0) is 15.8. The maximum Gasteiger partial charge on any atom is 0.271 e. The van der Waals surface area contributed by atoms with Crippen molar-refractivity contribution < 1.29 is 8.42 Å². The van der Waals surface area contributed by atoms with E-state index >= 15 is 0 Å². The van der Waals surface area contributed by atoms with Crippen LogP contribution in [0.5, 0.6) is 0 Å². The Bertz CT molecular complexity index is 756. The molecule has 1 aromatic heterocycles. The number of rotatable bonds is 4. The Labute approximate surface area is 145 Å². The van der Waals surface area contributed by atoms with E-state index in [-0.39, 0.29) is 4.21 Å². The Kier molecular flexibility index (Phi) is 5.10. The van der Waals surface area contributed by atoms with Crippen LogP contribution in [0.1, 0.15) is 0 Å². The van der Waals surface area contributed by atoms with Crippen molar-refractivity contribution in [3.05, 3.63) is 38.1 Å². The van der Waals surface area contributed by atoms with Crippen LogP contribution in [0, 0.1) is 0 Å². The predicted octanol–water partition coefficient (Wildman–Crippen LogP) is 4.68. The summed E-state index contributed by atoms with van der Waals surface area (Å²) in [4.78, 5) is 1.75. The molecule has 0 bridgehead atoms. The quantitative estimate of drug-likeness (QED) is 0.767. The molecule has 1 N–H and O–H groups in total. The molecular weight excluding hydrogens is 419 g/mol. The van der Waals surface area contributed by atoms with Gasteiger partial charge in [-0.1, -0.05) is 29.3 Å². The molecule has 2 aromatic rings. The fourth-order valence-electron chi connectivity index (χ4n) is 1.71. The molecule has 0 saturated heterocycles. The van der Waals surface area contributed by atoms with Crippen molar-refractivity contribution >= 4 is 71.9 Å². The van der Waals surface area contributed by atoms with Crippen molar-refractivity contribution in [1.82, 2.24) is 0 Å². The Hall–Kier alpha value is -0.470. The van der Waals surface area contributed by atoms with Crippen LogP contribution in [0.2, 0.25) is 10.0 Å². The van der Waals surface area contributed by atoms with Gasteiger partial charge in [0.25, 0.3) is 10.0 Å². The lowest BCUT2D eigenvalue weighted by molar-refractivity contribution is 0.603. The number of para-hydroxylation sites is 1. The molecule has 0 aliphatic rings. The molecule has 0 unspecified atom stereocenters. The summed E-state index contributed by atoms with van der Waals surface area (Å²) in [6, 6.07) is 6.44. The van der Waals surface area contributed by atoms with Gasteiger partial charge in [0.15, 0.2) is 0 Å². The summed E-state index contributed by atoms with van der Waals surface area (Å²) in [5, 5.41) is 0.824. The van der Waals surface area contributed by atoms with Crippen molar-refractivity contribution in [1.29, 1.82) is 0 Å². The monoisotopic (exact) mass is 428 g/mol. The zero-order valence-corrected chi connectivity index (χ0v) is 15.8. The number of nitrogens with zero attached hydrogens (tertiary/aromatic N) is 1. The van der Waals surface area contributed by atoms with Gasteiger partial charge in [-0.05, 0) is 34.1 Å². The number of hydrogen-bond donors (Lipinski definition) is 1. The Morgan fingerprint density at radius 1 is 1.24 bits per heavy atom. The van der Waals surface area contributed by atoms with Gasteiger partial charge in [0.2, 0.25) is 0 Å². The smallest absolute Gasteiger partial charge is 0.271 e. The van der Waals surface area contributed by atoms with Gasteiger partial charge in [-0.15, -0.1) is 11.3 Å². The van der Waals surface area contributed by atoms with Gasteiger partial charge in [-0.3, -0.25) is 4.72 Å². The highest BCUT2D eigenvalue weighted by Crippen LogP contribution is 2.37. The predicted molar refractivity (Wildman–Crippen MR) is 93.6 cm³/mol. The molecule has 0 saturated carbocycles. The van der Waals surface area contributed by atoms with Gasteiger partial charge in [-0.2, -0.15) is 0 Å². The van der Waals surface area contributed by atoms with Gasteiger partial charge in [0.1, 0.15) is 4.21 Å². The SMILES string of the molecule is CN(C)c1c(Cl)cccc1NS(=O)(=O)c1cc(Cl)c(Br)s1. The number of hydrogen-bond acceptors (Lipinski definition) is 4. The van der Waals surface area contributed by atoms with E-state index < -0.39 is 10.0 Å². The third-order valence-corrected chi connectivity index (χ3v) is 7.18. The van der Waals surface area contributed by atoms with Crippen molar-refractivity contribution in [2.75, 3.05) is 23.7 Å². The van der Waals surface area contributed by atoms with Crippen molar-refractivity contribution in [3.8, 4) is 0 Å². The molecule has 0 amide bonds. The Morgan fingerprint density at radius 2 is 1.90 bits per heavy atom. The molecular formula is C12H11BrCl2N2O2S2. The second-order valence-electron chi connectivity index (χ2n) is 4.32. The average molecular weight is 430 g/mol. The molecule has 0 aliphatic heterocycles. The number of benzene rings is 1. The lowest BCUT2D eigenvalue weighted by Gasteiger charge is -2.19. The van der Waals surface area contributed by atoms with E-state index in [1.165, 1.54) is 6.07 Å². The van der Waals surface area contributed by atoms with Crippen LogP contribution in [0.25, 0.3) is 0 Å². The molecule has 0 spiro atoms. The molecule has 9 heteroatoms. The van der Waals surface area contributed by atoms with E-state index in [9.17, 15) is 8.42 Å². The molecule has 0 fully saturated rings. The highest BCUT2D eigenvalue weighted by Gasteiger charge is 2.21. The van der Waals surface area contributed by atoms with Crippen LogP contribution >= 0.6 is 50.5 Å². The Balaban J connectivity index is 2.44. The van der Waals surface area contributed by atoms with E-state index in [1.807, 2.05) is 0 Å². The summed E-state index contributed by atoms with van der Waals surface area (Å²) in [7, 11) is -0.140. The molecule has 4 nitrogen and oxygen atoms in total. The molecule has 0 atom stereocenters. The van der Waals surface area contributed by atoms with Crippen LogP contribution in [-0.4, -0.2) is 22.5 Å². The fraction of sp³-hybridized carbons (Fsp3) is 0.167. The molecule has 2 rings (SSSR count). The van der Waals surface area contributed by atoms with Gasteiger partial charge >= 0.3 is 0 Å². The lowest BCUT2D eigenvalue weighted by Crippen LogP contribution is -2.16. The minimum atomic E-state index is -3.72. The van der Waals surface area contributed by atoms with Gasteiger partial charge < -0.3 is 4.90 Å². The van der Waals surface area contributed by atoms with Gasteiger partial charge in [0.05, 0.1) is 25.2 Å².